The van der Waals surface area contributed by atoms with Gasteiger partial charge < -0.3 is 16.0 Å². The molecule has 0 spiro atoms. The number of quaternary nitrogens is 2. The van der Waals surface area contributed by atoms with E-state index in [0.29, 0.717) is 23.5 Å². The molecule has 5 unspecified atom stereocenters. The van der Waals surface area contributed by atoms with E-state index in [-0.39, 0.29) is 24.2 Å². The first-order chi connectivity index (χ1) is 14.3. The number of rotatable bonds is 5. The Hall–Kier alpha value is -0.770. The molecule has 0 aliphatic carbocycles. The van der Waals surface area contributed by atoms with Gasteiger partial charge in [0, 0.05) is 56.0 Å². The third kappa shape index (κ3) is 5.34. The van der Waals surface area contributed by atoms with Crippen LogP contribution in [-0.4, -0.2) is 68.1 Å². The molecule has 7 N–H and O–H groups in total. The topological polar surface area (TPSA) is 101 Å². The van der Waals surface area contributed by atoms with Crippen molar-refractivity contribution in [1.29, 1.82) is 0 Å². The van der Waals surface area contributed by atoms with Crippen molar-refractivity contribution in [2.75, 3.05) is 32.7 Å². The monoisotopic (exact) mass is 424 g/mol. The lowest BCUT2D eigenvalue weighted by Crippen LogP contribution is -3.16. The lowest BCUT2D eigenvalue weighted by atomic mass is 9.90. The largest absolute Gasteiger partial charge is 0.369 e. The average molecular weight is 425 g/mol. The maximum atomic E-state index is 11.5. The molecule has 6 atom stereocenters. The Bertz CT molecular complexity index is 589. The van der Waals surface area contributed by atoms with E-state index in [1.165, 1.54) is 32.4 Å². The van der Waals surface area contributed by atoms with Gasteiger partial charge in [-0.25, -0.2) is 0 Å². The van der Waals surface area contributed by atoms with Crippen LogP contribution in [0.2, 0.25) is 0 Å². The van der Waals surface area contributed by atoms with Gasteiger partial charge >= 0.3 is 0 Å². The van der Waals surface area contributed by atoms with Crippen LogP contribution >= 0.6 is 0 Å². The lowest BCUT2D eigenvalue weighted by Gasteiger charge is -2.39. The molecule has 0 aromatic heterocycles. The van der Waals surface area contributed by atoms with E-state index in [1.54, 1.807) is 4.90 Å². The minimum Gasteiger partial charge on any atom is -0.369 e. The number of nitrogens with two attached hydrogens (primary N) is 2. The number of piperidine rings is 2. The van der Waals surface area contributed by atoms with Crippen LogP contribution in [0, 0.1) is 17.3 Å². The van der Waals surface area contributed by atoms with Gasteiger partial charge in [0.15, 0.2) is 6.23 Å². The minimum absolute atomic E-state index is 0.0675. The summed E-state index contributed by atoms with van der Waals surface area (Å²) in [4.78, 5) is 21.8. The first kappa shape index (κ1) is 22.4. The van der Waals surface area contributed by atoms with Crippen molar-refractivity contribution in [2.45, 2.75) is 83.9 Å². The third-order valence-corrected chi connectivity index (χ3v) is 7.72. The molecule has 0 bridgehead atoms. The smallest absolute Gasteiger partial charge is 0.220 e. The maximum absolute atomic E-state index is 11.5. The van der Waals surface area contributed by atoms with Gasteiger partial charge in [-0.15, -0.1) is 0 Å². The van der Waals surface area contributed by atoms with Crippen LogP contribution in [0.15, 0.2) is 0 Å². The van der Waals surface area contributed by atoms with Gasteiger partial charge in [0.2, 0.25) is 5.91 Å². The number of amides is 1. The summed E-state index contributed by atoms with van der Waals surface area (Å²) in [6.07, 6.45) is 7.58. The highest BCUT2D eigenvalue weighted by Crippen LogP contribution is 2.25. The number of carbonyl (C=O) groups is 1. The van der Waals surface area contributed by atoms with E-state index < -0.39 is 0 Å². The Morgan fingerprint density at radius 2 is 2.00 bits per heavy atom. The molecular formula is C22H44N6O2+2. The van der Waals surface area contributed by atoms with Crippen LogP contribution in [-0.2, 0) is 9.63 Å². The quantitative estimate of drug-likeness (QED) is 0.364. The highest BCUT2D eigenvalue weighted by atomic mass is 16.7. The SMILES string of the molecule is CC(C)(C)C[NH+]1CCC[C@H]1C1NC(C2CC[NH2+]C(N3CCC(C(N)=O)CC3)C2)NO1. The number of nitrogens with one attached hydrogen (secondary N) is 3. The van der Waals surface area contributed by atoms with Crippen LogP contribution in [0.5, 0.6) is 0 Å². The Labute approximate surface area is 181 Å². The number of hydrogen-bond donors (Lipinski definition) is 5. The molecule has 4 fully saturated rings. The molecule has 8 nitrogen and oxygen atoms in total. The standard InChI is InChI=1S/C22H42N6O2/c1-22(2,3)14-28-10-4-5-17(28)21-25-20(26-30-21)16-6-9-24-18(13-16)27-11-7-15(8-12-27)19(23)29/h15-18,20-21,24-26H,4-14H2,1-3H3,(H2,23,29)/p+2/t16?,17-,18?,20?,21?/m0/s1. The van der Waals surface area contributed by atoms with Crippen LogP contribution in [0.4, 0.5) is 0 Å². The van der Waals surface area contributed by atoms with E-state index in [1.807, 2.05) is 0 Å². The van der Waals surface area contributed by atoms with E-state index in [2.05, 4.69) is 41.8 Å². The second-order valence-electron chi connectivity index (χ2n) is 11.3. The fourth-order valence-electron chi connectivity index (χ4n) is 6.17. The van der Waals surface area contributed by atoms with Crippen molar-refractivity contribution in [3.05, 3.63) is 0 Å². The van der Waals surface area contributed by atoms with Gasteiger partial charge in [0.05, 0.1) is 25.8 Å². The van der Waals surface area contributed by atoms with Crippen LogP contribution < -0.4 is 26.7 Å². The normalized spacial score (nSPS) is 39.4. The molecule has 4 saturated heterocycles. The van der Waals surface area contributed by atoms with Gasteiger partial charge in [-0.2, -0.15) is 5.48 Å². The molecule has 4 aliphatic heterocycles. The van der Waals surface area contributed by atoms with Crippen molar-refractivity contribution in [3.8, 4) is 0 Å². The number of hydroxylamine groups is 1. The second-order valence-corrected chi connectivity index (χ2v) is 11.3. The number of primary amides is 1. The van der Waals surface area contributed by atoms with E-state index in [9.17, 15) is 4.79 Å². The molecule has 8 heteroatoms. The van der Waals surface area contributed by atoms with Gasteiger partial charge in [-0.05, 0) is 12.8 Å². The summed E-state index contributed by atoms with van der Waals surface area (Å²) in [5.41, 5.74) is 9.22. The summed E-state index contributed by atoms with van der Waals surface area (Å²) in [6.45, 7) is 12.6. The number of nitrogens with zero attached hydrogens (tertiary/aromatic N) is 1. The second kappa shape index (κ2) is 9.38. The fraction of sp³-hybridized carbons (Fsp3) is 0.955. The van der Waals surface area contributed by atoms with E-state index in [4.69, 9.17) is 10.6 Å². The molecule has 1 amide bonds. The van der Waals surface area contributed by atoms with Crippen molar-refractivity contribution in [3.63, 3.8) is 0 Å². The molecule has 4 aliphatic rings. The van der Waals surface area contributed by atoms with Gasteiger partial charge in [0.25, 0.3) is 0 Å². The summed E-state index contributed by atoms with van der Waals surface area (Å²) in [6, 6.07) is 0.542. The molecule has 0 aromatic carbocycles. The highest BCUT2D eigenvalue weighted by Gasteiger charge is 2.45. The zero-order valence-electron chi connectivity index (χ0n) is 19.2. The van der Waals surface area contributed by atoms with Gasteiger partial charge in [0.1, 0.15) is 12.2 Å². The van der Waals surface area contributed by atoms with E-state index >= 15 is 0 Å². The number of likely N-dealkylation sites (tertiary alicyclic amines) is 2. The highest BCUT2D eigenvalue weighted by molar-refractivity contribution is 5.76. The molecule has 4 heterocycles. The van der Waals surface area contributed by atoms with Gasteiger partial charge in [-0.1, -0.05) is 20.8 Å². The average Bonchev–Trinajstić information content (AvgIpc) is 3.36. The molecule has 30 heavy (non-hydrogen) atoms. The third-order valence-electron chi connectivity index (χ3n) is 7.72. The van der Waals surface area contributed by atoms with Crippen molar-refractivity contribution >= 4 is 5.91 Å². The first-order valence-electron chi connectivity index (χ1n) is 12.2. The number of carbonyl (C=O) groups excluding carboxylic acids is 1. The Morgan fingerprint density at radius 1 is 1.23 bits per heavy atom. The van der Waals surface area contributed by atoms with E-state index in [0.717, 1.165) is 38.9 Å². The van der Waals surface area contributed by atoms with Crippen molar-refractivity contribution in [1.82, 2.24) is 15.7 Å². The van der Waals surface area contributed by atoms with Crippen LogP contribution in [0.3, 0.4) is 0 Å². The van der Waals surface area contributed by atoms with Crippen molar-refractivity contribution in [2.24, 2.45) is 23.0 Å². The zero-order valence-corrected chi connectivity index (χ0v) is 19.2. The van der Waals surface area contributed by atoms with Crippen LogP contribution in [0.25, 0.3) is 0 Å². The Balaban J connectivity index is 1.28. The molecular weight excluding hydrogens is 380 g/mol. The molecule has 0 aromatic rings. The Kier molecular flexibility index (Phi) is 7.01. The summed E-state index contributed by atoms with van der Waals surface area (Å²) in [7, 11) is 0. The maximum Gasteiger partial charge on any atom is 0.220 e. The minimum atomic E-state index is -0.128. The molecule has 4 rings (SSSR count). The molecule has 172 valence electrons. The predicted octanol–water partition coefficient (Wildman–Crippen LogP) is -1.65. The zero-order chi connectivity index (χ0) is 21.3. The summed E-state index contributed by atoms with van der Waals surface area (Å²) >= 11 is 0. The number of hydrogen-bond acceptors (Lipinski definition) is 5. The summed E-state index contributed by atoms with van der Waals surface area (Å²) in [5.74, 6) is 0.515. The summed E-state index contributed by atoms with van der Waals surface area (Å²) < 4.78 is 0. The van der Waals surface area contributed by atoms with Crippen molar-refractivity contribution < 1.29 is 19.8 Å². The van der Waals surface area contributed by atoms with Gasteiger partial charge in [-0.3, -0.25) is 19.8 Å². The predicted molar refractivity (Wildman–Crippen MR) is 115 cm³/mol. The molecule has 0 saturated carbocycles. The fourth-order valence-corrected chi connectivity index (χ4v) is 6.17. The van der Waals surface area contributed by atoms with Crippen LogP contribution in [0.1, 0.15) is 59.3 Å². The summed E-state index contributed by atoms with van der Waals surface area (Å²) in [5, 5.41) is 6.30. The lowest BCUT2D eigenvalue weighted by molar-refractivity contribution is -0.922. The Morgan fingerprint density at radius 3 is 2.70 bits per heavy atom. The molecule has 0 radical (unpaired) electrons. The first-order valence-corrected chi connectivity index (χ1v) is 12.2.